The van der Waals surface area contributed by atoms with E-state index in [2.05, 4.69) is 0 Å². The van der Waals surface area contributed by atoms with Gasteiger partial charge in [-0.2, -0.15) is 0 Å². The van der Waals surface area contributed by atoms with Crippen LogP contribution >= 0.6 is 11.6 Å². The molecular weight excluding hydrogens is 252 g/mol. The summed E-state index contributed by atoms with van der Waals surface area (Å²) in [7, 11) is 0. The number of rotatable bonds is 4. The SMILES string of the molecule is CCn1ccn(CC(=O)c2ccccc2Cl)c1=O. The van der Waals surface area contributed by atoms with E-state index in [9.17, 15) is 9.59 Å². The van der Waals surface area contributed by atoms with E-state index >= 15 is 0 Å². The second-order valence-corrected chi connectivity index (χ2v) is 4.30. The number of ketones is 1. The number of Topliss-reactive ketones (excluding diaryl/α,β-unsaturated/α-hetero) is 1. The Labute approximate surface area is 109 Å². The van der Waals surface area contributed by atoms with E-state index in [0.717, 1.165) is 0 Å². The molecule has 0 amide bonds. The minimum atomic E-state index is -0.182. The van der Waals surface area contributed by atoms with Gasteiger partial charge in [0.05, 0.1) is 11.6 Å². The van der Waals surface area contributed by atoms with Crippen molar-refractivity contribution in [3.05, 3.63) is 57.7 Å². The maximum Gasteiger partial charge on any atom is 0.328 e. The van der Waals surface area contributed by atoms with Crippen molar-refractivity contribution in [2.45, 2.75) is 20.0 Å². The van der Waals surface area contributed by atoms with Crippen molar-refractivity contribution >= 4 is 17.4 Å². The highest BCUT2D eigenvalue weighted by Gasteiger charge is 2.12. The number of carbonyl (C=O) groups is 1. The van der Waals surface area contributed by atoms with Crippen LogP contribution in [0.5, 0.6) is 0 Å². The summed E-state index contributed by atoms with van der Waals surface area (Å²) in [6.45, 7) is 2.48. The van der Waals surface area contributed by atoms with Crippen LogP contribution in [0.4, 0.5) is 0 Å². The summed E-state index contributed by atoms with van der Waals surface area (Å²) >= 11 is 5.94. The third-order valence-electron chi connectivity index (χ3n) is 2.75. The van der Waals surface area contributed by atoms with Crippen molar-refractivity contribution in [1.29, 1.82) is 0 Å². The normalized spacial score (nSPS) is 10.6. The van der Waals surface area contributed by atoms with Crippen LogP contribution in [0.3, 0.4) is 0 Å². The van der Waals surface area contributed by atoms with Gasteiger partial charge in [-0.15, -0.1) is 0 Å². The summed E-state index contributed by atoms with van der Waals surface area (Å²) in [6, 6.07) is 6.83. The second-order valence-electron chi connectivity index (χ2n) is 3.90. The molecule has 0 aliphatic rings. The van der Waals surface area contributed by atoms with E-state index in [1.54, 1.807) is 41.2 Å². The van der Waals surface area contributed by atoms with Gasteiger partial charge >= 0.3 is 5.69 Å². The number of imidazole rings is 1. The molecule has 94 valence electrons. The molecule has 0 spiro atoms. The van der Waals surface area contributed by atoms with Gasteiger partial charge in [-0.25, -0.2) is 4.79 Å². The summed E-state index contributed by atoms with van der Waals surface area (Å²) in [6.07, 6.45) is 3.28. The van der Waals surface area contributed by atoms with E-state index in [0.29, 0.717) is 17.1 Å². The van der Waals surface area contributed by atoms with Crippen LogP contribution in [-0.2, 0) is 13.1 Å². The van der Waals surface area contributed by atoms with Crippen LogP contribution < -0.4 is 5.69 Å². The number of halogens is 1. The van der Waals surface area contributed by atoms with Crippen molar-refractivity contribution in [3.63, 3.8) is 0 Å². The third kappa shape index (κ3) is 2.38. The Bertz CT molecular complexity index is 628. The third-order valence-corrected chi connectivity index (χ3v) is 3.08. The highest BCUT2D eigenvalue weighted by Crippen LogP contribution is 2.15. The van der Waals surface area contributed by atoms with Gasteiger partial charge in [0.2, 0.25) is 0 Å². The summed E-state index contributed by atoms with van der Waals surface area (Å²) in [5, 5.41) is 0.408. The Balaban J connectivity index is 2.25. The quantitative estimate of drug-likeness (QED) is 0.795. The number of aryl methyl sites for hydroxylation is 1. The predicted octanol–water partition coefficient (Wildman–Crippen LogP) is 2.21. The zero-order chi connectivity index (χ0) is 13.1. The molecule has 4 nitrogen and oxygen atoms in total. The summed E-state index contributed by atoms with van der Waals surface area (Å²) in [5.41, 5.74) is 0.258. The smallest absolute Gasteiger partial charge is 0.300 e. The Kier molecular flexibility index (Phi) is 3.67. The minimum absolute atomic E-state index is 0.00949. The lowest BCUT2D eigenvalue weighted by molar-refractivity contribution is 0.0971. The first-order valence-corrected chi connectivity index (χ1v) is 6.04. The largest absolute Gasteiger partial charge is 0.328 e. The van der Waals surface area contributed by atoms with Gasteiger partial charge in [-0.1, -0.05) is 23.7 Å². The average molecular weight is 265 g/mol. The van der Waals surface area contributed by atoms with Crippen LogP contribution in [0.25, 0.3) is 0 Å². The van der Waals surface area contributed by atoms with Crippen LogP contribution in [0.2, 0.25) is 5.02 Å². The van der Waals surface area contributed by atoms with Gasteiger partial charge in [-0.05, 0) is 19.1 Å². The van der Waals surface area contributed by atoms with Crippen molar-refractivity contribution in [2.75, 3.05) is 0 Å². The lowest BCUT2D eigenvalue weighted by atomic mass is 10.1. The molecule has 0 unspecified atom stereocenters. The molecule has 2 aromatic rings. The molecular formula is C13H13ClN2O2. The van der Waals surface area contributed by atoms with Gasteiger partial charge in [0, 0.05) is 24.5 Å². The van der Waals surface area contributed by atoms with E-state index in [1.807, 2.05) is 6.92 Å². The minimum Gasteiger partial charge on any atom is -0.300 e. The zero-order valence-corrected chi connectivity index (χ0v) is 10.7. The van der Waals surface area contributed by atoms with Gasteiger partial charge < -0.3 is 0 Å². The fourth-order valence-electron chi connectivity index (χ4n) is 1.74. The highest BCUT2D eigenvalue weighted by atomic mass is 35.5. The maximum atomic E-state index is 12.0. The molecule has 1 aromatic carbocycles. The standard InChI is InChI=1S/C13H13ClN2O2/c1-2-15-7-8-16(13(15)18)9-12(17)10-5-3-4-6-11(10)14/h3-8H,2,9H2,1H3. The average Bonchev–Trinajstić information content (AvgIpc) is 2.71. The van der Waals surface area contributed by atoms with Crippen LogP contribution in [0, 0.1) is 0 Å². The molecule has 0 N–H and O–H groups in total. The van der Waals surface area contributed by atoms with Crippen molar-refractivity contribution in [3.8, 4) is 0 Å². The van der Waals surface area contributed by atoms with Crippen LogP contribution in [0.1, 0.15) is 17.3 Å². The molecule has 2 rings (SSSR count). The first-order valence-electron chi connectivity index (χ1n) is 5.66. The first kappa shape index (κ1) is 12.6. The fraction of sp³-hybridized carbons (Fsp3) is 0.231. The summed E-state index contributed by atoms with van der Waals surface area (Å²) in [5.74, 6) is -0.170. The van der Waals surface area contributed by atoms with Crippen molar-refractivity contribution < 1.29 is 4.79 Å². The molecule has 1 heterocycles. The second kappa shape index (κ2) is 5.23. The van der Waals surface area contributed by atoms with Gasteiger partial charge in [0.1, 0.15) is 0 Å². The molecule has 0 fully saturated rings. The van der Waals surface area contributed by atoms with E-state index in [4.69, 9.17) is 11.6 Å². The van der Waals surface area contributed by atoms with Crippen molar-refractivity contribution in [1.82, 2.24) is 9.13 Å². The number of benzene rings is 1. The number of aromatic nitrogens is 2. The van der Waals surface area contributed by atoms with E-state index < -0.39 is 0 Å². The lowest BCUT2D eigenvalue weighted by Gasteiger charge is -2.03. The van der Waals surface area contributed by atoms with Crippen LogP contribution in [-0.4, -0.2) is 14.9 Å². The molecule has 0 aliphatic heterocycles. The van der Waals surface area contributed by atoms with Crippen LogP contribution in [0.15, 0.2) is 41.5 Å². The number of hydrogen-bond donors (Lipinski definition) is 0. The number of nitrogens with zero attached hydrogens (tertiary/aromatic N) is 2. The Morgan fingerprint density at radius 1 is 1.22 bits per heavy atom. The van der Waals surface area contributed by atoms with Gasteiger partial charge in [-0.3, -0.25) is 13.9 Å². The van der Waals surface area contributed by atoms with Gasteiger partial charge in [0.25, 0.3) is 0 Å². The number of carbonyl (C=O) groups excluding carboxylic acids is 1. The van der Waals surface area contributed by atoms with E-state index in [1.165, 1.54) is 4.57 Å². The Morgan fingerprint density at radius 2 is 1.89 bits per heavy atom. The molecule has 0 aliphatic carbocycles. The van der Waals surface area contributed by atoms with Crippen molar-refractivity contribution in [2.24, 2.45) is 0 Å². The highest BCUT2D eigenvalue weighted by molar-refractivity contribution is 6.33. The monoisotopic (exact) mass is 264 g/mol. The molecule has 0 atom stereocenters. The summed E-state index contributed by atoms with van der Waals surface area (Å²) in [4.78, 5) is 23.8. The Morgan fingerprint density at radius 3 is 2.50 bits per heavy atom. The zero-order valence-electron chi connectivity index (χ0n) is 9.97. The summed E-state index contributed by atoms with van der Waals surface area (Å²) < 4.78 is 2.93. The molecule has 0 radical (unpaired) electrons. The number of hydrogen-bond acceptors (Lipinski definition) is 2. The maximum absolute atomic E-state index is 12.0. The Hall–Kier alpha value is -1.81. The molecule has 5 heteroatoms. The van der Waals surface area contributed by atoms with Gasteiger partial charge in [0.15, 0.2) is 5.78 Å². The topological polar surface area (TPSA) is 44.0 Å². The molecule has 0 saturated carbocycles. The molecule has 0 saturated heterocycles. The molecule has 18 heavy (non-hydrogen) atoms. The molecule has 1 aromatic heterocycles. The molecule has 0 bridgehead atoms. The fourth-order valence-corrected chi connectivity index (χ4v) is 1.98. The lowest BCUT2D eigenvalue weighted by Crippen LogP contribution is -2.26. The predicted molar refractivity (Wildman–Crippen MR) is 70.1 cm³/mol. The first-order chi connectivity index (χ1) is 8.63. The van der Waals surface area contributed by atoms with E-state index in [-0.39, 0.29) is 18.0 Å².